The van der Waals surface area contributed by atoms with Crippen molar-refractivity contribution in [2.75, 3.05) is 0 Å². The fourth-order valence-corrected chi connectivity index (χ4v) is 2.98. The van der Waals surface area contributed by atoms with Crippen LogP contribution in [0.15, 0.2) is 12.2 Å². The van der Waals surface area contributed by atoms with Crippen molar-refractivity contribution in [2.45, 2.75) is 44.9 Å². The molecule has 0 rings (SSSR count). The highest BCUT2D eigenvalue weighted by Gasteiger charge is 2.13. The molecule has 0 aliphatic carbocycles. The second-order valence-corrected chi connectivity index (χ2v) is 10.1. The average Bonchev–Trinajstić information content (AvgIpc) is 1.94. The van der Waals surface area contributed by atoms with Crippen molar-refractivity contribution in [1.29, 1.82) is 0 Å². The summed E-state index contributed by atoms with van der Waals surface area (Å²) in [6.45, 7) is 11.0. The molecule has 0 bridgehead atoms. The number of unbranched alkanes of at least 4 members (excludes halogenated alkanes) is 1. The third kappa shape index (κ3) is 9.16. The highest BCUT2D eigenvalue weighted by atomic mass is 28.3. The van der Waals surface area contributed by atoms with Crippen LogP contribution in [0.25, 0.3) is 5.01 Å². The molecule has 2 nitrogen and oxygen atoms in total. The van der Waals surface area contributed by atoms with Gasteiger partial charge >= 0.3 is 0 Å². The zero-order chi connectivity index (χ0) is 10.3. The van der Waals surface area contributed by atoms with Crippen LogP contribution in [-0.2, 0) is 0 Å². The van der Waals surface area contributed by atoms with Gasteiger partial charge in [-0.3, -0.25) is 0 Å². The largest absolute Gasteiger partial charge is 0.498 e. The maximum absolute atomic E-state index is 9.70. The lowest BCUT2D eigenvalue weighted by atomic mass is 10.1. The van der Waals surface area contributed by atoms with Gasteiger partial charge in [0.25, 0.3) is 6.07 Å². The maximum atomic E-state index is 9.70. The Morgan fingerprint density at radius 2 is 2.08 bits per heavy atom. The topological polar surface area (TPSA) is 27.4 Å². The molecule has 74 valence electrons. The van der Waals surface area contributed by atoms with Gasteiger partial charge in [0.2, 0.25) is 0 Å². The van der Waals surface area contributed by atoms with Crippen molar-refractivity contribution in [1.82, 2.24) is 0 Å². The van der Waals surface area contributed by atoms with Crippen LogP contribution >= 0.6 is 0 Å². The minimum atomic E-state index is -0.994. The highest BCUT2D eigenvalue weighted by Crippen LogP contribution is 2.18. The van der Waals surface area contributed by atoms with E-state index in [1.807, 2.05) is 0 Å². The summed E-state index contributed by atoms with van der Waals surface area (Å²) in [7, 11) is -0.994. The number of allylic oxidation sites excluding steroid dienone is 1. The van der Waals surface area contributed by atoms with Crippen molar-refractivity contribution in [2.24, 2.45) is 0 Å². The first-order valence-corrected chi connectivity index (χ1v) is 8.38. The average molecular weight is 197 g/mol. The molecule has 0 unspecified atom stereocenters. The molecule has 13 heavy (non-hydrogen) atoms. The van der Waals surface area contributed by atoms with Gasteiger partial charge in [0.1, 0.15) is 0 Å². The molecule has 0 aromatic rings. The predicted octanol–water partition coefficient (Wildman–Crippen LogP) is 3.88. The molecule has 0 atom stereocenters. The first-order chi connectivity index (χ1) is 5.95. The van der Waals surface area contributed by atoms with Crippen LogP contribution in [0.5, 0.6) is 0 Å². The fraction of sp³-hybridized carbons (Fsp3) is 0.700. The molecule has 0 saturated heterocycles. The van der Waals surface area contributed by atoms with Crippen LogP contribution in [-0.4, -0.2) is 8.07 Å². The molecule has 0 saturated carbocycles. The third-order valence-electron chi connectivity index (χ3n) is 1.66. The van der Waals surface area contributed by atoms with Gasteiger partial charge in [-0.2, -0.15) is 0 Å². The summed E-state index contributed by atoms with van der Waals surface area (Å²) < 4.78 is 0. The molecule has 0 radical (unpaired) electrons. The molecule has 0 heterocycles. The normalized spacial score (nSPS) is 10.4. The van der Waals surface area contributed by atoms with Crippen LogP contribution in [0.1, 0.15) is 19.3 Å². The van der Waals surface area contributed by atoms with E-state index in [0.29, 0.717) is 6.42 Å². The van der Waals surface area contributed by atoms with Crippen LogP contribution < -0.4 is 0 Å². The Balaban J connectivity index is 3.56. The first-order valence-electron chi connectivity index (χ1n) is 4.67. The molecule has 0 aliphatic rings. The molecule has 0 spiro atoms. The van der Waals surface area contributed by atoms with E-state index < -0.39 is 8.07 Å². The van der Waals surface area contributed by atoms with Crippen molar-refractivity contribution >= 4 is 8.07 Å². The number of nitrogens with zero attached hydrogens (tertiary/aromatic N) is 1. The molecule has 0 aromatic heterocycles. The zero-order valence-electron chi connectivity index (χ0n) is 8.89. The van der Waals surface area contributed by atoms with Crippen LogP contribution in [0.3, 0.4) is 0 Å². The smallest absolute Gasteiger partial charge is 0.298 e. The van der Waals surface area contributed by atoms with Crippen LogP contribution in [0, 0.1) is 11.3 Å². The van der Waals surface area contributed by atoms with Crippen LogP contribution in [0.2, 0.25) is 25.7 Å². The van der Waals surface area contributed by atoms with E-state index in [-0.39, 0.29) is 0 Å². The van der Waals surface area contributed by atoms with E-state index >= 15 is 0 Å². The van der Waals surface area contributed by atoms with Gasteiger partial charge in [-0.15, -0.1) is 6.58 Å². The van der Waals surface area contributed by atoms with E-state index in [1.54, 1.807) is 0 Å². The summed E-state index contributed by atoms with van der Waals surface area (Å²) in [6, 6.07) is 3.59. The van der Waals surface area contributed by atoms with Gasteiger partial charge < -0.3 is 5.21 Å². The van der Waals surface area contributed by atoms with Crippen molar-refractivity contribution in [3.05, 3.63) is 22.4 Å². The molecule has 0 aliphatic heterocycles. The van der Waals surface area contributed by atoms with E-state index in [9.17, 15) is 5.21 Å². The molecular weight excluding hydrogens is 178 g/mol. The summed E-state index contributed by atoms with van der Waals surface area (Å²) in [5.41, 5.74) is 1.31. The molecule has 3 heteroatoms. The molecule has 0 aromatic carbocycles. The Hall–Kier alpha value is -0.753. The SMILES string of the molecule is C=C(CCCC#[N+][O-])C[Si](C)(C)C. The summed E-state index contributed by atoms with van der Waals surface area (Å²) in [6.07, 6.45) is 2.62. The third-order valence-corrected chi connectivity index (χ3v) is 3.22. The summed E-state index contributed by atoms with van der Waals surface area (Å²) >= 11 is 0. The Labute approximate surface area is 82.1 Å². The van der Waals surface area contributed by atoms with Crippen molar-refractivity contribution in [3.63, 3.8) is 0 Å². The Kier molecular flexibility index (Phi) is 5.48. The molecular formula is C10H19NOSi. The standard InChI is InChI=1S/C10H19NOSi/c1-10(9-13(2,3)4)7-5-6-8-11-12/h1,5-7,9H2,2-4H3. The van der Waals surface area contributed by atoms with Gasteiger partial charge in [0.15, 0.2) is 0 Å². The lowest BCUT2D eigenvalue weighted by Gasteiger charge is -2.16. The quantitative estimate of drug-likeness (QED) is 0.284. The van der Waals surface area contributed by atoms with Gasteiger partial charge in [0, 0.05) is 13.1 Å². The molecule has 0 fully saturated rings. The van der Waals surface area contributed by atoms with Crippen molar-refractivity contribution in [3.8, 4) is 6.07 Å². The number of rotatable bonds is 5. The van der Waals surface area contributed by atoms with Gasteiger partial charge in [-0.25, -0.2) is 0 Å². The van der Waals surface area contributed by atoms with Gasteiger partial charge in [-0.05, 0) is 18.9 Å². The minimum Gasteiger partial charge on any atom is -0.498 e. The lowest BCUT2D eigenvalue weighted by molar-refractivity contribution is 0.845. The van der Waals surface area contributed by atoms with Crippen molar-refractivity contribution < 1.29 is 0 Å². The first kappa shape index (κ1) is 12.2. The maximum Gasteiger partial charge on any atom is 0.298 e. The highest BCUT2D eigenvalue weighted by molar-refractivity contribution is 6.76. The minimum absolute atomic E-state index is 0.661. The second kappa shape index (κ2) is 5.82. The Morgan fingerprint density at radius 1 is 1.46 bits per heavy atom. The lowest BCUT2D eigenvalue weighted by Crippen LogP contribution is -2.19. The van der Waals surface area contributed by atoms with E-state index in [4.69, 9.17) is 0 Å². The van der Waals surface area contributed by atoms with Gasteiger partial charge in [0.05, 0.1) is 6.42 Å². The molecule has 0 N–H and O–H groups in total. The molecule has 0 amide bonds. The fourth-order valence-electron chi connectivity index (χ4n) is 1.30. The summed E-state index contributed by atoms with van der Waals surface area (Å²) in [4.78, 5) is 0. The van der Waals surface area contributed by atoms with E-state index in [2.05, 4.69) is 37.3 Å². The summed E-state index contributed by atoms with van der Waals surface area (Å²) in [5, 5.41) is 12.3. The van der Waals surface area contributed by atoms with E-state index in [0.717, 1.165) is 12.8 Å². The summed E-state index contributed by atoms with van der Waals surface area (Å²) in [5.74, 6) is 0. The number of hydrogen-bond donors (Lipinski definition) is 0. The predicted molar refractivity (Wildman–Crippen MR) is 61.8 cm³/mol. The monoisotopic (exact) mass is 197 g/mol. The van der Waals surface area contributed by atoms with Gasteiger partial charge in [-0.1, -0.05) is 25.2 Å². The Morgan fingerprint density at radius 3 is 2.54 bits per heavy atom. The second-order valence-electron chi connectivity index (χ2n) is 4.59. The van der Waals surface area contributed by atoms with Crippen LogP contribution in [0.4, 0.5) is 0 Å². The zero-order valence-corrected chi connectivity index (χ0v) is 9.89. The van der Waals surface area contributed by atoms with E-state index in [1.165, 1.54) is 11.6 Å². The Bertz CT molecular complexity index is 219. The number of hydrogen-bond acceptors (Lipinski definition) is 1.